The number of anilines is 1. The first-order valence-corrected chi connectivity index (χ1v) is 6.99. The maximum atomic E-state index is 13.5. The molecule has 0 aromatic heterocycles. The molecule has 2 rings (SSSR count). The van der Waals surface area contributed by atoms with E-state index >= 15 is 0 Å². The van der Waals surface area contributed by atoms with Gasteiger partial charge in [0.15, 0.2) is 0 Å². The van der Waals surface area contributed by atoms with E-state index in [9.17, 15) is 17.2 Å². The summed E-state index contributed by atoms with van der Waals surface area (Å²) in [6, 6.07) is 8.29. The molecule has 2 aromatic carbocycles. The van der Waals surface area contributed by atoms with E-state index in [2.05, 4.69) is 0 Å². The molecular weight excluding hydrogens is 296 g/mol. The predicted octanol–water partition coefficient (Wildman–Crippen LogP) is 3.42. The second-order valence-electron chi connectivity index (χ2n) is 3.66. The van der Waals surface area contributed by atoms with Crippen molar-refractivity contribution in [3.63, 3.8) is 0 Å². The topological polar surface area (TPSA) is 46.2 Å². The molecule has 7 heteroatoms. The molecule has 0 aliphatic rings. The molecule has 0 aliphatic carbocycles. The first-order chi connectivity index (χ1) is 8.90. The van der Waals surface area contributed by atoms with Gasteiger partial charge in [-0.25, -0.2) is 17.2 Å². The molecule has 0 atom stereocenters. The van der Waals surface area contributed by atoms with Gasteiger partial charge in [-0.05, 0) is 30.3 Å². The Balaban J connectivity index is 2.44. The fraction of sp³-hybridized carbons (Fsp3) is 0. The average molecular weight is 304 g/mol. The maximum Gasteiger partial charge on any atom is 0.264 e. The third-order valence-corrected chi connectivity index (χ3v) is 3.92. The van der Waals surface area contributed by atoms with Gasteiger partial charge in [-0.1, -0.05) is 23.7 Å². The van der Waals surface area contributed by atoms with Crippen molar-refractivity contribution in [1.82, 2.24) is 0 Å². The Bertz CT molecular complexity index is 719. The van der Waals surface area contributed by atoms with E-state index in [0.29, 0.717) is 0 Å². The van der Waals surface area contributed by atoms with Crippen LogP contribution in [0, 0.1) is 11.6 Å². The summed E-state index contributed by atoms with van der Waals surface area (Å²) in [4.78, 5) is -0.636. The van der Waals surface area contributed by atoms with Crippen LogP contribution in [0.15, 0.2) is 47.4 Å². The first kappa shape index (κ1) is 13.8. The van der Waals surface area contributed by atoms with E-state index in [1.165, 1.54) is 24.3 Å². The first-order valence-electron chi connectivity index (χ1n) is 5.12. The summed E-state index contributed by atoms with van der Waals surface area (Å²) in [6.45, 7) is 0. The monoisotopic (exact) mass is 303 g/mol. The number of rotatable bonds is 3. The Labute approximate surface area is 113 Å². The molecule has 100 valence electrons. The lowest BCUT2D eigenvalue weighted by Gasteiger charge is -2.09. The zero-order chi connectivity index (χ0) is 14.0. The van der Waals surface area contributed by atoms with Crippen molar-refractivity contribution in [2.75, 3.05) is 4.72 Å². The lowest BCUT2D eigenvalue weighted by molar-refractivity contribution is 0.569. The summed E-state index contributed by atoms with van der Waals surface area (Å²) in [5.41, 5.74) is -0.262. The van der Waals surface area contributed by atoms with Gasteiger partial charge >= 0.3 is 0 Å². The Morgan fingerprint density at radius 1 is 1.00 bits per heavy atom. The van der Waals surface area contributed by atoms with E-state index in [1.807, 2.05) is 4.72 Å². The van der Waals surface area contributed by atoms with Gasteiger partial charge in [0.25, 0.3) is 10.0 Å². The minimum atomic E-state index is -4.24. The molecule has 0 aliphatic heterocycles. The van der Waals surface area contributed by atoms with Crippen LogP contribution in [0.5, 0.6) is 0 Å². The number of hydrogen-bond acceptors (Lipinski definition) is 2. The molecule has 0 bridgehead atoms. The number of para-hydroxylation sites is 1. The molecular formula is C12H8ClF2NO2S. The Kier molecular flexibility index (Phi) is 3.73. The summed E-state index contributed by atoms with van der Waals surface area (Å²) < 4.78 is 52.7. The standard InChI is InChI=1S/C12H8ClF2NO2S/c13-8-5-6-10(15)12(7-8)19(17,18)16-11-4-2-1-3-9(11)14/h1-7,16H. The second kappa shape index (κ2) is 5.14. The highest BCUT2D eigenvalue weighted by molar-refractivity contribution is 7.92. The molecule has 0 saturated carbocycles. The van der Waals surface area contributed by atoms with Crippen molar-refractivity contribution >= 4 is 27.3 Å². The van der Waals surface area contributed by atoms with Crippen LogP contribution in [-0.2, 0) is 10.0 Å². The normalized spacial score (nSPS) is 11.3. The Hall–Kier alpha value is -1.66. The van der Waals surface area contributed by atoms with Crippen molar-refractivity contribution in [2.24, 2.45) is 0 Å². The quantitative estimate of drug-likeness (QED) is 0.944. The molecule has 3 nitrogen and oxygen atoms in total. The Morgan fingerprint density at radius 3 is 2.37 bits per heavy atom. The van der Waals surface area contributed by atoms with Crippen LogP contribution in [0.1, 0.15) is 0 Å². The van der Waals surface area contributed by atoms with Crippen molar-refractivity contribution in [1.29, 1.82) is 0 Å². The molecule has 0 radical (unpaired) electrons. The number of nitrogens with one attached hydrogen (secondary N) is 1. The van der Waals surface area contributed by atoms with Gasteiger partial charge in [-0.15, -0.1) is 0 Å². The molecule has 0 saturated heterocycles. The van der Waals surface area contributed by atoms with Crippen LogP contribution in [0.25, 0.3) is 0 Å². The smallest absolute Gasteiger partial charge is 0.264 e. The van der Waals surface area contributed by atoms with E-state index in [1.54, 1.807) is 0 Å². The van der Waals surface area contributed by atoms with E-state index in [-0.39, 0.29) is 10.7 Å². The van der Waals surface area contributed by atoms with Gasteiger partial charge in [0.05, 0.1) is 5.69 Å². The summed E-state index contributed by atoms with van der Waals surface area (Å²) >= 11 is 5.62. The molecule has 0 heterocycles. The lowest BCUT2D eigenvalue weighted by Crippen LogP contribution is -2.15. The van der Waals surface area contributed by atoms with Crippen LogP contribution in [-0.4, -0.2) is 8.42 Å². The minimum absolute atomic E-state index is 0.0651. The summed E-state index contributed by atoms with van der Waals surface area (Å²) in [6.07, 6.45) is 0. The van der Waals surface area contributed by atoms with Crippen LogP contribution < -0.4 is 4.72 Å². The fourth-order valence-electron chi connectivity index (χ4n) is 1.43. The van der Waals surface area contributed by atoms with E-state index in [0.717, 1.165) is 18.2 Å². The minimum Gasteiger partial charge on any atom is -0.277 e. The zero-order valence-electron chi connectivity index (χ0n) is 9.40. The molecule has 0 amide bonds. The van der Waals surface area contributed by atoms with Crippen molar-refractivity contribution < 1.29 is 17.2 Å². The highest BCUT2D eigenvalue weighted by Gasteiger charge is 2.20. The molecule has 0 fully saturated rings. The zero-order valence-corrected chi connectivity index (χ0v) is 11.0. The third kappa shape index (κ3) is 3.02. The van der Waals surface area contributed by atoms with Crippen molar-refractivity contribution in [3.05, 3.63) is 59.1 Å². The molecule has 19 heavy (non-hydrogen) atoms. The number of hydrogen-bond donors (Lipinski definition) is 1. The molecule has 2 aromatic rings. The average Bonchev–Trinajstić information content (AvgIpc) is 2.35. The summed E-state index contributed by atoms with van der Waals surface area (Å²) in [5.74, 6) is -1.72. The van der Waals surface area contributed by atoms with Crippen LogP contribution in [0.3, 0.4) is 0 Å². The van der Waals surface area contributed by atoms with E-state index < -0.39 is 26.6 Å². The summed E-state index contributed by atoms with van der Waals surface area (Å²) in [7, 11) is -4.24. The SMILES string of the molecule is O=S(=O)(Nc1ccccc1F)c1cc(Cl)ccc1F. The van der Waals surface area contributed by atoms with E-state index in [4.69, 9.17) is 11.6 Å². The summed E-state index contributed by atoms with van der Waals surface area (Å²) in [5, 5.41) is 0.0651. The van der Waals surface area contributed by atoms with Crippen LogP contribution in [0.4, 0.5) is 14.5 Å². The second-order valence-corrected chi connectivity index (χ2v) is 5.75. The predicted molar refractivity (Wildman–Crippen MR) is 68.6 cm³/mol. The number of sulfonamides is 1. The lowest BCUT2D eigenvalue weighted by atomic mass is 10.3. The van der Waals surface area contributed by atoms with Crippen molar-refractivity contribution in [3.8, 4) is 0 Å². The maximum absolute atomic E-state index is 13.5. The number of benzene rings is 2. The fourth-order valence-corrected chi connectivity index (χ4v) is 2.84. The van der Waals surface area contributed by atoms with Gasteiger partial charge in [0.1, 0.15) is 16.5 Å². The molecule has 0 spiro atoms. The largest absolute Gasteiger partial charge is 0.277 e. The van der Waals surface area contributed by atoms with Crippen LogP contribution >= 0.6 is 11.6 Å². The highest BCUT2D eigenvalue weighted by Crippen LogP contribution is 2.23. The van der Waals surface area contributed by atoms with Crippen molar-refractivity contribution in [2.45, 2.75) is 4.90 Å². The third-order valence-electron chi connectivity index (χ3n) is 2.30. The van der Waals surface area contributed by atoms with Crippen LogP contribution in [0.2, 0.25) is 5.02 Å². The van der Waals surface area contributed by atoms with Gasteiger partial charge in [0, 0.05) is 5.02 Å². The van der Waals surface area contributed by atoms with Gasteiger partial charge in [0.2, 0.25) is 0 Å². The highest BCUT2D eigenvalue weighted by atomic mass is 35.5. The molecule has 1 N–H and O–H groups in total. The van der Waals surface area contributed by atoms with Gasteiger partial charge in [-0.3, -0.25) is 4.72 Å². The Morgan fingerprint density at radius 2 is 1.68 bits per heavy atom. The van der Waals surface area contributed by atoms with Gasteiger partial charge in [-0.2, -0.15) is 0 Å². The number of halogens is 3. The van der Waals surface area contributed by atoms with Gasteiger partial charge < -0.3 is 0 Å². The molecule has 0 unspecified atom stereocenters.